The number of anilines is 3. The highest BCUT2D eigenvalue weighted by atomic mass is 32.2. The summed E-state index contributed by atoms with van der Waals surface area (Å²) in [4.78, 5) is 23.1. The molecule has 1 aromatic heterocycles. The number of benzene rings is 3. The van der Waals surface area contributed by atoms with Crippen molar-refractivity contribution < 1.29 is 30.7 Å². The molecule has 4 N–H and O–H groups in total. The fourth-order valence-corrected chi connectivity index (χ4v) is 5.13. The Kier molecular flexibility index (Phi) is 7.38. The van der Waals surface area contributed by atoms with Crippen LogP contribution in [0.5, 0.6) is 0 Å². The molecule has 0 saturated heterocycles. The number of hydrogen-bond donors (Lipinski definition) is 4. The first kappa shape index (κ1) is 27.6. The zero-order valence-corrected chi connectivity index (χ0v) is 22.2. The van der Waals surface area contributed by atoms with E-state index in [1.54, 1.807) is 26.0 Å². The molecule has 0 saturated carbocycles. The Bertz CT molecular complexity index is 1860. The second-order valence-corrected chi connectivity index (χ2v) is 11.0. The minimum Gasteiger partial charge on any atom is -0.324 e. The summed E-state index contributed by atoms with van der Waals surface area (Å²) in [6.07, 6.45) is 0. The van der Waals surface area contributed by atoms with Gasteiger partial charge in [-0.25, -0.2) is 4.98 Å². The molecule has 202 valence electrons. The summed E-state index contributed by atoms with van der Waals surface area (Å²) in [6.45, 7) is 4.72. The summed E-state index contributed by atoms with van der Waals surface area (Å²) >= 11 is 0. The molecular weight excluding hydrogens is 550 g/mol. The number of carbonyl (C=O) groups excluding carboxylic acids is 1. The number of rotatable bonds is 7. The van der Waals surface area contributed by atoms with Crippen molar-refractivity contribution in [3.8, 4) is 0 Å². The Labute approximate surface area is 222 Å². The number of aryl methyl sites for hydroxylation is 2. The van der Waals surface area contributed by atoms with E-state index in [4.69, 9.17) is 0 Å². The topological polar surface area (TPSA) is 213 Å². The van der Waals surface area contributed by atoms with Crippen molar-refractivity contribution >= 4 is 65.6 Å². The molecule has 0 bridgehead atoms. The van der Waals surface area contributed by atoms with E-state index in [0.717, 1.165) is 12.1 Å². The van der Waals surface area contributed by atoms with Gasteiger partial charge in [0, 0.05) is 23.4 Å². The van der Waals surface area contributed by atoms with Crippen LogP contribution in [0.1, 0.15) is 18.6 Å². The van der Waals surface area contributed by atoms with Gasteiger partial charge in [-0.2, -0.15) is 31.9 Å². The van der Waals surface area contributed by atoms with E-state index < -0.39 is 35.9 Å². The summed E-state index contributed by atoms with van der Waals surface area (Å²) in [5.74, 6) is 0.892. The van der Waals surface area contributed by atoms with Crippen LogP contribution in [-0.4, -0.2) is 46.8 Å². The van der Waals surface area contributed by atoms with Gasteiger partial charge in [0.05, 0.1) is 11.4 Å². The molecular formula is C23H21N7O7S2. The van der Waals surface area contributed by atoms with Crippen molar-refractivity contribution in [2.24, 2.45) is 10.2 Å². The largest absolute Gasteiger partial charge is 0.324 e. The Morgan fingerprint density at radius 2 is 1.49 bits per heavy atom. The van der Waals surface area contributed by atoms with E-state index in [1.165, 1.54) is 31.2 Å². The van der Waals surface area contributed by atoms with E-state index >= 15 is 0 Å². The average molecular weight is 572 g/mol. The van der Waals surface area contributed by atoms with Crippen LogP contribution >= 0.6 is 0 Å². The van der Waals surface area contributed by atoms with Crippen LogP contribution in [0.2, 0.25) is 0 Å². The number of azo groups is 1. The maximum atomic E-state index is 12.0. The van der Waals surface area contributed by atoms with Crippen LogP contribution in [0.3, 0.4) is 0 Å². The number of nitrogens with one attached hydrogen (secondary N) is 2. The molecule has 0 unspecified atom stereocenters. The van der Waals surface area contributed by atoms with Crippen molar-refractivity contribution in [3.05, 3.63) is 60.2 Å². The molecule has 0 fully saturated rings. The molecule has 14 nitrogen and oxygen atoms in total. The normalized spacial score (nSPS) is 12.1. The molecule has 0 aliphatic rings. The highest BCUT2D eigenvalue weighted by Crippen LogP contribution is 2.35. The van der Waals surface area contributed by atoms with Crippen LogP contribution in [-0.2, 0) is 25.0 Å². The van der Waals surface area contributed by atoms with Gasteiger partial charge >= 0.3 is 0 Å². The third kappa shape index (κ3) is 6.55. The van der Waals surface area contributed by atoms with Gasteiger partial charge in [0.1, 0.15) is 27.1 Å². The first-order valence-electron chi connectivity index (χ1n) is 11.0. The monoisotopic (exact) mass is 571 g/mol. The summed E-state index contributed by atoms with van der Waals surface area (Å²) in [5, 5.41) is 13.4. The lowest BCUT2D eigenvalue weighted by atomic mass is 10.1. The number of amides is 1. The predicted molar refractivity (Wildman–Crippen MR) is 141 cm³/mol. The fraction of sp³-hybridized carbons (Fsp3) is 0.130. The molecule has 39 heavy (non-hydrogen) atoms. The Balaban J connectivity index is 1.80. The van der Waals surface area contributed by atoms with Crippen molar-refractivity contribution in [3.63, 3.8) is 0 Å². The van der Waals surface area contributed by atoms with Crippen molar-refractivity contribution in [2.75, 3.05) is 10.6 Å². The quantitative estimate of drug-likeness (QED) is 0.182. The van der Waals surface area contributed by atoms with Gasteiger partial charge < -0.3 is 10.6 Å². The second kappa shape index (κ2) is 10.4. The molecule has 4 rings (SSSR count). The Morgan fingerprint density at radius 3 is 2.10 bits per heavy atom. The summed E-state index contributed by atoms with van der Waals surface area (Å²) in [7, 11) is -9.57. The van der Waals surface area contributed by atoms with Gasteiger partial charge in [0.15, 0.2) is 0 Å². The van der Waals surface area contributed by atoms with Crippen molar-refractivity contribution in [2.45, 2.75) is 30.6 Å². The first-order valence-corrected chi connectivity index (χ1v) is 13.9. The molecule has 4 aromatic rings. The van der Waals surface area contributed by atoms with E-state index in [-0.39, 0.29) is 33.8 Å². The van der Waals surface area contributed by atoms with Gasteiger partial charge in [0.25, 0.3) is 20.2 Å². The zero-order valence-electron chi connectivity index (χ0n) is 20.6. The SMILES string of the molecule is CC(=O)Nc1cc(Nc2nc(C)nc(C)n2)ccc1N=Nc1cc(S(=O)(=O)O)c2cccc(S(=O)(=O)O)c2c1. The minimum absolute atomic E-state index is 0.148. The molecule has 0 radical (unpaired) electrons. The van der Waals surface area contributed by atoms with Crippen LogP contribution in [0.4, 0.5) is 28.7 Å². The lowest BCUT2D eigenvalue weighted by Gasteiger charge is -2.11. The van der Waals surface area contributed by atoms with Crippen molar-refractivity contribution in [1.29, 1.82) is 0 Å². The molecule has 16 heteroatoms. The highest BCUT2D eigenvalue weighted by molar-refractivity contribution is 7.86. The number of carbonyl (C=O) groups is 1. The third-order valence-electron chi connectivity index (χ3n) is 5.15. The predicted octanol–water partition coefficient (Wildman–Crippen LogP) is 4.25. The van der Waals surface area contributed by atoms with Crippen LogP contribution < -0.4 is 10.6 Å². The number of fused-ring (bicyclic) bond motifs is 1. The maximum Gasteiger partial charge on any atom is 0.295 e. The van der Waals surface area contributed by atoms with Crippen LogP contribution in [0, 0.1) is 13.8 Å². The molecule has 3 aromatic carbocycles. The van der Waals surface area contributed by atoms with Crippen LogP contribution in [0.15, 0.2) is 68.6 Å². The Morgan fingerprint density at radius 1 is 0.821 bits per heavy atom. The highest BCUT2D eigenvalue weighted by Gasteiger charge is 2.21. The van der Waals surface area contributed by atoms with E-state index in [0.29, 0.717) is 17.3 Å². The average Bonchev–Trinajstić information content (AvgIpc) is 2.80. The third-order valence-corrected chi connectivity index (χ3v) is 6.96. The Hall–Kier alpha value is -4.38. The van der Waals surface area contributed by atoms with E-state index in [9.17, 15) is 30.7 Å². The lowest BCUT2D eigenvalue weighted by molar-refractivity contribution is -0.114. The van der Waals surface area contributed by atoms with Crippen LogP contribution in [0.25, 0.3) is 10.8 Å². The smallest absolute Gasteiger partial charge is 0.295 e. The summed E-state index contributed by atoms with van der Waals surface area (Å²) < 4.78 is 67.2. The van der Waals surface area contributed by atoms with Gasteiger partial charge in [-0.15, -0.1) is 5.11 Å². The molecule has 0 atom stereocenters. The first-order chi connectivity index (χ1) is 18.2. The van der Waals surface area contributed by atoms with E-state index in [2.05, 4.69) is 35.8 Å². The molecule has 0 aliphatic heterocycles. The van der Waals surface area contributed by atoms with Gasteiger partial charge in [-0.3, -0.25) is 13.9 Å². The van der Waals surface area contributed by atoms with Gasteiger partial charge in [0.2, 0.25) is 11.9 Å². The standard InChI is InChI=1S/C23H21N7O7S2/c1-12-24-13(2)26-23(25-12)28-15-7-8-19(20(10-15)27-14(3)31)30-29-16-9-18-17(22(11-16)39(35,36)37)5-4-6-21(18)38(32,33)34/h4-11H,1-3H3,(H,27,31)(H,32,33,34)(H,35,36,37)(H,24,25,26,28). The molecule has 0 aliphatic carbocycles. The fourth-order valence-electron chi connectivity index (χ4n) is 3.71. The summed E-state index contributed by atoms with van der Waals surface area (Å²) in [6, 6.07) is 10.4. The van der Waals surface area contributed by atoms with Gasteiger partial charge in [-0.05, 0) is 50.2 Å². The zero-order chi connectivity index (χ0) is 28.5. The van der Waals surface area contributed by atoms with Crippen molar-refractivity contribution in [1.82, 2.24) is 15.0 Å². The van der Waals surface area contributed by atoms with Gasteiger partial charge in [-0.1, -0.05) is 12.1 Å². The summed E-state index contributed by atoms with van der Waals surface area (Å²) in [5.41, 5.74) is 0.738. The lowest BCUT2D eigenvalue weighted by Crippen LogP contribution is -2.07. The number of aromatic nitrogens is 3. The molecule has 1 amide bonds. The molecule has 1 heterocycles. The minimum atomic E-state index is -4.82. The second-order valence-electron chi connectivity index (χ2n) is 8.24. The number of hydrogen-bond acceptors (Lipinski definition) is 11. The maximum absolute atomic E-state index is 12.0. The van der Waals surface area contributed by atoms with E-state index in [1.807, 2.05) is 0 Å². The molecule has 0 spiro atoms. The number of nitrogens with zero attached hydrogens (tertiary/aromatic N) is 5.